The standard InChI is InChI=1S/C17H23N3O3S/c1-4-20-16(23)12-6-5-11(9-14(12)19-17(20)24)15(22)18-13(7-8-21)10(2)3/h5-6,9-10,13,21H,4,7-8H2,1-3H3,(H,18,22)(H,19,24). The van der Waals surface area contributed by atoms with E-state index in [1.54, 1.807) is 18.2 Å². The highest BCUT2D eigenvalue weighted by molar-refractivity contribution is 7.71. The van der Waals surface area contributed by atoms with Gasteiger partial charge in [-0.25, -0.2) is 0 Å². The number of hydrogen-bond acceptors (Lipinski definition) is 4. The number of carbonyl (C=O) groups excluding carboxylic acids is 1. The molecule has 1 unspecified atom stereocenters. The number of rotatable bonds is 6. The van der Waals surface area contributed by atoms with E-state index in [4.69, 9.17) is 17.3 Å². The maximum absolute atomic E-state index is 12.5. The van der Waals surface area contributed by atoms with Gasteiger partial charge < -0.3 is 15.4 Å². The summed E-state index contributed by atoms with van der Waals surface area (Å²) in [7, 11) is 0. The minimum Gasteiger partial charge on any atom is -0.396 e. The monoisotopic (exact) mass is 349 g/mol. The van der Waals surface area contributed by atoms with Gasteiger partial charge in [0.15, 0.2) is 4.77 Å². The Morgan fingerprint density at radius 2 is 2.12 bits per heavy atom. The van der Waals surface area contributed by atoms with Crippen molar-refractivity contribution in [2.45, 2.75) is 39.8 Å². The van der Waals surface area contributed by atoms with E-state index < -0.39 is 0 Å². The minimum absolute atomic E-state index is 0.0183. The number of benzene rings is 1. The van der Waals surface area contributed by atoms with Crippen LogP contribution in [0.5, 0.6) is 0 Å². The number of aromatic nitrogens is 2. The van der Waals surface area contributed by atoms with Gasteiger partial charge in [-0.1, -0.05) is 13.8 Å². The summed E-state index contributed by atoms with van der Waals surface area (Å²) in [6.45, 7) is 6.34. The number of fused-ring (bicyclic) bond motifs is 1. The third-order valence-electron chi connectivity index (χ3n) is 4.12. The van der Waals surface area contributed by atoms with Crippen molar-refractivity contribution in [3.63, 3.8) is 0 Å². The quantitative estimate of drug-likeness (QED) is 0.698. The Morgan fingerprint density at radius 1 is 1.42 bits per heavy atom. The normalized spacial score (nSPS) is 12.5. The first kappa shape index (κ1) is 18.4. The average Bonchev–Trinajstić information content (AvgIpc) is 2.54. The summed E-state index contributed by atoms with van der Waals surface area (Å²) < 4.78 is 1.82. The highest BCUT2D eigenvalue weighted by atomic mass is 32.1. The van der Waals surface area contributed by atoms with E-state index in [2.05, 4.69) is 10.3 Å². The van der Waals surface area contributed by atoms with E-state index >= 15 is 0 Å². The van der Waals surface area contributed by atoms with Crippen LogP contribution in [0.1, 0.15) is 37.6 Å². The maximum atomic E-state index is 12.5. The van der Waals surface area contributed by atoms with Crippen LogP contribution in [0.3, 0.4) is 0 Å². The molecule has 2 rings (SSSR count). The molecule has 3 N–H and O–H groups in total. The fourth-order valence-electron chi connectivity index (χ4n) is 2.65. The fraction of sp³-hybridized carbons (Fsp3) is 0.471. The second kappa shape index (κ2) is 7.72. The molecule has 0 radical (unpaired) electrons. The number of nitrogens with one attached hydrogen (secondary N) is 2. The Kier molecular flexibility index (Phi) is 5.90. The third-order valence-corrected chi connectivity index (χ3v) is 4.44. The predicted octanol–water partition coefficient (Wildman–Crippen LogP) is 2.22. The summed E-state index contributed by atoms with van der Waals surface area (Å²) in [5, 5.41) is 12.5. The lowest BCUT2D eigenvalue weighted by molar-refractivity contribution is 0.0916. The molecule has 24 heavy (non-hydrogen) atoms. The Morgan fingerprint density at radius 3 is 2.71 bits per heavy atom. The smallest absolute Gasteiger partial charge is 0.262 e. The van der Waals surface area contributed by atoms with Gasteiger partial charge in [0, 0.05) is 24.8 Å². The second-order valence-corrected chi connectivity index (χ2v) is 6.46. The first-order valence-corrected chi connectivity index (χ1v) is 8.48. The molecule has 1 amide bonds. The Balaban J connectivity index is 2.39. The van der Waals surface area contributed by atoms with Gasteiger partial charge in [0.25, 0.3) is 11.5 Å². The summed E-state index contributed by atoms with van der Waals surface area (Å²) in [6.07, 6.45) is 0.501. The van der Waals surface area contributed by atoms with Gasteiger partial charge in [-0.3, -0.25) is 14.2 Å². The summed E-state index contributed by atoms with van der Waals surface area (Å²) >= 11 is 5.19. The van der Waals surface area contributed by atoms with Crippen molar-refractivity contribution in [1.29, 1.82) is 0 Å². The van der Waals surface area contributed by atoms with Gasteiger partial charge in [0.1, 0.15) is 0 Å². The number of amides is 1. The first-order chi connectivity index (χ1) is 11.4. The average molecular weight is 349 g/mol. The molecule has 2 aromatic rings. The lowest BCUT2D eigenvalue weighted by atomic mass is 10.0. The number of aliphatic hydroxyl groups is 1. The van der Waals surface area contributed by atoms with Crippen molar-refractivity contribution in [2.75, 3.05) is 6.61 Å². The molecule has 0 saturated carbocycles. The summed E-state index contributed by atoms with van der Waals surface area (Å²) in [6, 6.07) is 4.80. The number of nitrogens with zero attached hydrogens (tertiary/aromatic N) is 1. The van der Waals surface area contributed by atoms with Crippen LogP contribution in [0.25, 0.3) is 10.9 Å². The van der Waals surface area contributed by atoms with Gasteiger partial charge in [-0.05, 0) is 49.7 Å². The molecule has 130 valence electrons. The van der Waals surface area contributed by atoms with Crippen molar-refractivity contribution in [2.24, 2.45) is 5.92 Å². The van der Waals surface area contributed by atoms with Crippen molar-refractivity contribution in [1.82, 2.24) is 14.9 Å². The second-order valence-electron chi connectivity index (χ2n) is 6.08. The van der Waals surface area contributed by atoms with Crippen LogP contribution in [-0.4, -0.2) is 33.2 Å². The van der Waals surface area contributed by atoms with Crippen LogP contribution >= 0.6 is 12.2 Å². The highest BCUT2D eigenvalue weighted by Crippen LogP contribution is 2.13. The van der Waals surface area contributed by atoms with Crippen LogP contribution < -0.4 is 10.9 Å². The molecule has 0 aliphatic heterocycles. The lowest BCUT2D eigenvalue weighted by Crippen LogP contribution is -2.39. The molecule has 1 aromatic carbocycles. The molecule has 1 heterocycles. The van der Waals surface area contributed by atoms with Gasteiger partial charge >= 0.3 is 0 Å². The van der Waals surface area contributed by atoms with Crippen molar-refractivity contribution >= 4 is 29.0 Å². The topological polar surface area (TPSA) is 87.1 Å². The van der Waals surface area contributed by atoms with Crippen LogP contribution in [-0.2, 0) is 6.54 Å². The molecule has 1 atom stereocenters. The molecule has 0 saturated heterocycles. The summed E-state index contributed by atoms with van der Waals surface area (Å²) in [4.78, 5) is 27.8. The first-order valence-electron chi connectivity index (χ1n) is 8.07. The van der Waals surface area contributed by atoms with E-state index in [9.17, 15) is 9.59 Å². The van der Waals surface area contributed by atoms with Crippen molar-refractivity contribution in [3.8, 4) is 0 Å². The summed E-state index contributed by atoms with van der Waals surface area (Å²) in [5.41, 5.74) is 0.833. The fourth-order valence-corrected chi connectivity index (χ4v) is 2.97. The Labute approximate surface area is 145 Å². The zero-order chi connectivity index (χ0) is 17.9. The van der Waals surface area contributed by atoms with E-state index in [0.29, 0.717) is 34.2 Å². The van der Waals surface area contributed by atoms with Gasteiger partial charge in [-0.15, -0.1) is 0 Å². The predicted molar refractivity (Wildman–Crippen MR) is 96.9 cm³/mol. The van der Waals surface area contributed by atoms with Gasteiger partial charge in [0.2, 0.25) is 0 Å². The lowest BCUT2D eigenvalue weighted by Gasteiger charge is -2.21. The largest absolute Gasteiger partial charge is 0.396 e. The van der Waals surface area contributed by atoms with Crippen LogP contribution in [0.15, 0.2) is 23.0 Å². The molecule has 0 spiro atoms. The van der Waals surface area contributed by atoms with Crippen LogP contribution in [0, 0.1) is 10.7 Å². The number of H-pyrrole nitrogens is 1. The molecular weight excluding hydrogens is 326 g/mol. The minimum atomic E-state index is -0.233. The molecule has 0 aliphatic rings. The summed E-state index contributed by atoms with van der Waals surface area (Å²) in [5.74, 6) is -0.0211. The highest BCUT2D eigenvalue weighted by Gasteiger charge is 2.17. The van der Waals surface area contributed by atoms with Crippen LogP contribution in [0.4, 0.5) is 0 Å². The molecule has 6 nitrogen and oxygen atoms in total. The molecule has 1 aromatic heterocycles. The van der Waals surface area contributed by atoms with Gasteiger partial charge in [-0.2, -0.15) is 0 Å². The van der Waals surface area contributed by atoms with E-state index in [-0.39, 0.29) is 30.0 Å². The number of carbonyl (C=O) groups is 1. The van der Waals surface area contributed by atoms with Crippen molar-refractivity contribution in [3.05, 3.63) is 38.9 Å². The zero-order valence-electron chi connectivity index (χ0n) is 14.1. The van der Waals surface area contributed by atoms with E-state index in [1.807, 2.05) is 20.8 Å². The molecule has 0 bridgehead atoms. The van der Waals surface area contributed by atoms with E-state index in [0.717, 1.165) is 0 Å². The zero-order valence-corrected chi connectivity index (χ0v) is 14.9. The number of hydrogen-bond donors (Lipinski definition) is 3. The molecular formula is C17H23N3O3S. The SMILES string of the molecule is CCn1c(=S)[nH]c2cc(C(=O)NC(CCO)C(C)C)ccc2c1=O. The molecule has 0 aliphatic carbocycles. The van der Waals surface area contributed by atoms with Gasteiger partial charge in [0.05, 0.1) is 10.9 Å². The number of aliphatic hydroxyl groups excluding tert-OH is 1. The molecule has 7 heteroatoms. The van der Waals surface area contributed by atoms with Crippen LogP contribution in [0.2, 0.25) is 0 Å². The third kappa shape index (κ3) is 3.73. The van der Waals surface area contributed by atoms with Crippen molar-refractivity contribution < 1.29 is 9.90 Å². The maximum Gasteiger partial charge on any atom is 0.262 e. The Bertz CT molecular complexity index is 854. The Hall–Kier alpha value is -1.99. The van der Waals surface area contributed by atoms with E-state index in [1.165, 1.54) is 4.57 Å². The molecule has 0 fully saturated rings. The number of aromatic amines is 1.